The van der Waals surface area contributed by atoms with E-state index in [4.69, 9.17) is 5.84 Å². The number of nitrogens with two attached hydrogens (primary N) is 1. The average molecular weight is 406 g/mol. The zero-order chi connectivity index (χ0) is 14.7. The van der Waals surface area contributed by atoms with Gasteiger partial charge in [-0.05, 0) is 46.1 Å². The van der Waals surface area contributed by atoms with Crippen molar-refractivity contribution in [1.29, 1.82) is 0 Å². The Labute approximate surface area is 132 Å². The standard InChI is InChI=1S/C14H12Br2F2N2/c15-9-4-2-1-3-8(9)7-12(20-19)13-11(17)6-5-10(16)14(13)18/h1-6,12,20H,7,19H2. The van der Waals surface area contributed by atoms with Crippen LogP contribution < -0.4 is 11.3 Å². The summed E-state index contributed by atoms with van der Waals surface area (Å²) in [5.74, 6) is 4.21. The maximum absolute atomic E-state index is 14.1. The fourth-order valence-electron chi connectivity index (χ4n) is 1.99. The molecule has 0 saturated carbocycles. The SMILES string of the molecule is NNC(Cc1ccccc1Br)c1c(F)ccc(Br)c1F. The van der Waals surface area contributed by atoms with E-state index in [1.165, 1.54) is 12.1 Å². The van der Waals surface area contributed by atoms with E-state index in [1.54, 1.807) is 0 Å². The highest BCUT2D eigenvalue weighted by molar-refractivity contribution is 9.10. The molecular weight excluding hydrogens is 394 g/mol. The van der Waals surface area contributed by atoms with Gasteiger partial charge in [0, 0.05) is 10.0 Å². The van der Waals surface area contributed by atoms with Gasteiger partial charge in [-0.2, -0.15) is 0 Å². The molecule has 0 saturated heterocycles. The molecular formula is C14H12Br2F2N2. The predicted octanol–water partition coefficient (Wildman–Crippen LogP) is 4.24. The van der Waals surface area contributed by atoms with E-state index >= 15 is 0 Å². The van der Waals surface area contributed by atoms with Crippen molar-refractivity contribution >= 4 is 31.9 Å². The maximum atomic E-state index is 14.1. The van der Waals surface area contributed by atoms with Crippen LogP contribution >= 0.6 is 31.9 Å². The first-order chi connectivity index (χ1) is 9.54. The van der Waals surface area contributed by atoms with Crippen molar-refractivity contribution in [2.75, 3.05) is 0 Å². The summed E-state index contributed by atoms with van der Waals surface area (Å²) in [6.07, 6.45) is 0.363. The minimum Gasteiger partial charge on any atom is -0.271 e. The zero-order valence-electron chi connectivity index (χ0n) is 10.3. The molecule has 0 bridgehead atoms. The summed E-state index contributed by atoms with van der Waals surface area (Å²) in [5.41, 5.74) is 3.32. The number of hydrogen-bond acceptors (Lipinski definition) is 2. The van der Waals surface area contributed by atoms with Gasteiger partial charge in [0.05, 0.1) is 10.5 Å². The quantitative estimate of drug-likeness (QED) is 0.453. The van der Waals surface area contributed by atoms with Crippen molar-refractivity contribution in [1.82, 2.24) is 5.43 Å². The molecule has 2 rings (SSSR count). The van der Waals surface area contributed by atoms with Crippen LogP contribution in [0.1, 0.15) is 17.2 Å². The number of hydrazine groups is 1. The van der Waals surface area contributed by atoms with Crippen LogP contribution in [-0.2, 0) is 6.42 Å². The highest BCUT2D eigenvalue weighted by atomic mass is 79.9. The Kier molecular flexibility index (Phi) is 5.26. The lowest BCUT2D eigenvalue weighted by molar-refractivity contribution is 0.470. The Morgan fingerprint density at radius 2 is 1.75 bits per heavy atom. The number of rotatable bonds is 4. The van der Waals surface area contributed by atoms with Crippen LogP contribution in [0.2, 0.25) is 0 Å². The topological polar surface area (TPSA) is 38.0 Å². The molecule has 0 aromatic heterocycles. The molecule has 20 heavy (non-hydrogen) atoms. The Bertz CT molecular complexity index is 620. The van der Waals surface area contributed by atoms with E-state index in [0.717, 1.165) is 10.0 Å². The van der Waals surface area contributed by atoms with Gasteiger partial charge >= 0.3 is 0 Å². The third-order valence-electron chi connectivity index (χ3n) is 3.01. The Balaban J connectivity index is 2.39. The van der Waals surface area contributed by atoms with Gasteiger partial charge in [-0.25, -0.2) is 8.78 Å². The molecule has 6 heteroatoms. The molecule has 106 valence electrons. The lowest BCUT2D eigenvalue weighted by atomic mass is 9.98. The van der Waals surface area contributed by atoms with E-state index in [-0.39, 0.29) is 10.0 Å². The average Bonchev–Trinajstić information content (AvgIpc) is 2.44. The minimum absolute atomic E-state index is 0.0716. The van der Waals surface area contributed by atoms with Gasteiger partial charge in [0.1, 0.15) is 11.6 Å². The van der Waals surface area contributed by atoms with E-state index in [0.29, 0.717) is 6.42 Å². The van der Waals surface area contributed by atoms with Crippen molar-refractivity contribution in [2.45, 2.75) is 12.5 Å². The van der Waals surface area contributed by atoms with Crippen LogP contribution in [0.25, 0.3) is 0 Å². The Morgan fingerprint density at radius 3 is 2.40 bits per heavy atom. The third-order valence-corrected chi connectivity index (χ3v) is 4.40. The van der Waals surface area contributed by atoms with Crippen LogP contribution in [0, 0.1) is 11.6 Å². The summed E-state index contributed by atoms with van der Waals surface area (Å²) in [7, 11) is 0. The van der Waals surface area contributed by atoms with E-state index in [1.807, 2.05) is 24.3 Å². The minimum atomic E-state index is -0.661. The molecule has 0 heterocycles. The summed E-state index contributed by atoms with van der Waals surface area (Å²) in [4.78, 5) is 0. The molecule has 0 aliphatic rings. The molecule has 0 spiro atoms. The van der Waals surface area contributed by atoms with Crippen molar-refractivity contribution in [3.05, 3.63) is 68.1 Å². The van der Waals surface area contributed by atoms with Crippen molar-refractivity contribution in [2.24, 2.45) is 5.84 Å². The first-order valence-corrected chi connectivity index (χ1v) is 7.46. The van der Waals surface area contributed by atoms with Crippen molar-refractivity contribution in [3.63, 3.8) is 0 Å². The molecule has 0 aliphatic carbocycles. The monoisotopic (exact) mass is 404 g/mol. The molecule has 0 fully saturated rings. The first kappa shape index (κ1) is 15.6. The van der Waals surface area contributed by atoms with Crippen LogP contribution in [0.15, 0.2) is 45.3 Å². The van der Waals surface area contributed by atoms with Crippen LogP contribution in [-0.4, -0.2) is 0 Å². The molecule has 0 aliphatic heterocycles. The summed E-state index contributed by atoms with van der Waals surface area (Å²) in [6.45, 7) is 0. The second-order valence-electron chi connectivity index (χ2n) is 4.27. The second kappa shape index (κ2) is 6.76. The summed E-state index contributed by atoms with van der Waals surface area (Å²) < 4.78 is 29.1. The Morgan fingerprint density at radius 1 is 1.05 bits per heavy atom. The fourth-order valence-corrected chi connectivity index (χ4v) is 2.78. The molecule has 0 amide bonds. The van der Waals surface area contributed by atoms with E-state index < -0.39 is 17.7 Å². The number of nitrogens with one attached hydrogen (secondary N) is 1. The van der Waals surface area contributed by atoms with Gasteiger partial charge in [0.25, 0.3) is 0 Å². The van der Waals surface area contributed by atoms with Gasteiger partial charge < -0.3 is 0 Å². The van der Waals surface area contributed by atoms with E-state index in [9.17, 15) is 8.78 Å². The molecule has 3 N–H and O–H groups in total. The normalized spacial score (nSPS) is 12.4. The second-order valence-corrected chi connectivity index (χ2v) is 5.98. The molecule has 2 aromatic carbocycles. The number of benzene rings is 2. The van der Waals surface area contributed by atoms with Gasteiger partial charge in [0.2, 0.25) is 0 Å². The molecule has 0 radical (unpaired) electrons. The summed E-state index contributed by atoms with van der Waals surface area (Å²) >= 11 is 6.47. The largest absolute Gasteiger partial charge is 0.271 e. The zero-order valence-corrected chi connectivity index (χ0v) is 13.5. The lowest BCUT2D eigenvalue weighted by Crippen LogP contribution is -2.31. The summed E-state index contributed by atoms with van der Waals surface area (Å²) in [6, 6.07) is 9.37. The first-order valence-electron chi connectivity index (χ1n) is 5.87. The molecule has 1 unspecified atom stereocenters. The van der Waals surface area contributed by atoms with Crippen LogP contribution in [0.4, 0.5) is 8.78 Å². The number of halogens is 4. The third kappa shape index (κ3) is 3.25. The predicted molar refractivity (Wildman–Crippen MR) is 82.0 cm³/mol. The van der Waals surface area contributed by atoms with Crippen LogP contribution in [0.5, 0.6) is 0 Å². The number of hydrogen-bond donors (Lipinski definition) is 2. The molecule has 1 atom stereocenters. The molecule has 2 nitrogen and oxygen atoms in total. The van der Waals surface area contributed by atoms with Crippen molar-refractivity contribution < 1.29 is 8.78 Å². The summed E-state index contributed by atoms with van der Waals surface area (Å²) in [5, 5.41) is 0. The highest BCUT2D eigenvalue weighted by Gasteiger charge is 2.22. The van der Waals surface area contributed by atoms with Crippen LogP contribution in [0.3, 0.4) is 0 Å². The highest BCUT2D eigenvalue weighted by Crippen LogP contribution is 2.30. The van der Waals surface area contributed by atoms with Gasteiger partial charge in [-0.1, -0.05) is 34.1 Å². The van der Waals surface area contributed by atoms with Gasteiger partial charge in [0.15, 0.2) is 0 Å². The van der Waals surface area contributed by atoms with Gasteiger partial charge in [-0.3, -0.25) is 11.3 Å². The fraction of sp³-hybridized carbons (Fsp3) is 0.143. The maximum Gasteiger partial charge on any atom is 0.145 e. The van der Waals surface area contributed by atoms with E-state index in [2.05, 4.69) is 37.3 Å². The smallest absolute Gasteiger partial charge is 0.145 e. The lowest BCUT2D eigenvalue weighted by Gasteiger charge is -2.19. The van der Waals surface area contributed by atoms with Gasteiger partial charge in [-0.15, -0.1) is 0 Å². The Hall–Kier alpha value is -0.820. The molecule has 2 aromatic rings. The van der Waals surface area contributed by atoms with Crippen molar-refractivity contribution in [3.8, 4) is 0 Å².